The van der Waals surface area contributed by atoms with Gasteiger partial charge in [-0.3, -0.25) is 0 Å². The lowest BCUT2D eigenvalue weighted by molar-refractivity contribution is -0.660. The minimum absolute atomic E-state index is 0.0183. The summed E-state index contributed by atoms with van der Waals surface area (Å²) in [5.41, 5.74) is 0.859. The second kappa shape index (κ2) is 13.3. The largest absolute Gasteiger partial charge is 0.493 e. The van der Waals surface area contributed by atoms with Crippen LogP contribution in [0, 0.1) is 0 Å². The molecule has 0 amide bonds. The number of benzene rings is 2. The molecule has 0 aliphatic carbocycles. The number of aromatic nitrogens is 1. The Labute approximate surface area is 222 Å². The summed E-state index contributed by atoms with van der Waals surface area (Å²) in [6, 6.07) is 13.3. The average molecular weight is 530 g/mol. The van der Waals surface area contributed by atoms with Crippen LogP contribution in [-0.4, -0.2) is 36.9 Å². The summed E-state index contributed by atoms with van der Waals surface area (Å²) < 4.78 is 51.3. The second-order valence-corrected chi connectivity index (χ2v) is 9.13. The molecule has 1 heterocycles. The molecule has 0 saturated heterocycles. The standard InChI is InChI=1S/C30H35F3N2O3/c1-4-7-8-11-18-38-28-20-23(34(5-2)6-3)14-15-25(28)26(30(31,32)33)19-22-16-17-35(21-29(36)37)27-13-10-9-12-24(22)27/h9-10,12-17,19-20H,4-8,11,18,21H2,1-3H3/p+1. The molecule has 8 heteroatoms. The fraction of sp³-hybridized carbons (Fsp3) is 0.400. The van der Waals surface area contributed by atoms with Gasteiger partial charge in [0.25, 0.3) is 0 Å². The molecule has 0 bridgehead atoms. The van der Waals surface area contributed by atoms with Crippen LogP contribution in [0.15, 0.2) is 54.7 Å². The minimum atomic E-state index is -4.65. The Balaban J connectivity index is 2.14. The molecule has 0 unspecified atom stereocenters. The van der Waals surface area contributed by atoms with Gasteiger partial charge in [-0.25, -0.2) is 4.79 Å². The number of allylic oxidation sites excluding steroid dienone is 1. The summed E-state index contributed by atoms with van der Waals surface area (Å²) in [6.07, 6.45) is 1.81. The molecule has 5 nitrogen and oxygen atoms in total. The first-order valence-electron chi connectivity index (χ1n) is 13.1. The molecular weight excluding hydrogens is 493 g/mol. The molecule has 1 aromatic heterocycles. The normalized spacial score (nSPS) is 12.1. The first kappa shape index (κ1) is 29.0. The summed E-state index contributed by atoms with van der Waals surface area (Å²) in [4.78, 5) is 13.4. The van der Waals surface area contributed by atoms with Crippen LogP contribution >= 0.6 is 0 Å². The molecular formula is C30H36F3N2O3+. The number of pyridine rings is 1. The lowest BCUT2D eigenvalue weighted by Gasteiger charge is -2.24. The number of para-hydroxylation sites is 1. The number of carbonyl (C=O) groups is 1. The van der Waals surface area contributed by atoms with E-state index < -0.39 is 17.7 Å². The highest BCUT2D eigenvalue weighted by atomic mass is 19.4. The van der Waals surface area contributed by atoms with E-state index in [1.165, 1.54) is 22.9 Å². The van der Waals surface area contributed by atoms with Gasteiger partial charge >= 0.3 is 12.1 Å². The molecule has 204 valence electrons. The number of unbranched alkanes of at least 4 members (excludes halogenated alkanes) is 3. The van der Waals surface area contributed by atoms with Gasteiger partial charge in [0.05, 0.1) is 17.6 Å². The quantitative estimate of drug-likeness (QED) is 0.189. The Morgan fingerprint density at radius 3 is 2.42 bits per heavy atom. The van der Waals surface area contributed by atoms with Crippen molar-refractivity contribution in [3.05, 3.63) is 65.9 Å². The number of ether oxygens (including phenoxy) is 1. The zero-order chi connectivity index (χ0) is 27.7. The number of anilines is 1. The van der Waals surface area contributed by atoms with Crippen LogP contribution in [-0.2, 0) is 11.3 Å². The lowest BCUT2D eigenvalue weighted by atomic mass is 9.98. The van der Waals surface area contributed by atoms with E-state index in [4.69, 9.17) is 4.74 Å². The highest BCUT2D eigenvalue weighted by Gasteiger charge is 2.37. The number of rotatable bonds is 13. The molecule has 1 N–H and O–H groups in total. The van der Waals surface area contributed by atoms with Gasteiger partial charge in [-0.15, -0.1) is 0 Å². The van der Waals surface area contributed by atoms with Gasteiger partial charge in [0.2, 0.25) is 12.1 Å². The maximum atomic E-state index is 14.6. The third kappa shape index (κ3) is 7.27. The topological polar surface area (TPSA) is 53.7 Å². The number of alkyl halides is 3. The van der Waals surface area contributed by atoms with Crippen molar-refractivity contribution in [2.75, 3.05) is 24.6 Å². The third-order valence-electron chi connectivity index (χ3n) is 6.51. The van der Waals surface area contributed by atoms with E-state index in [1.54, 1.807) is 36.4 Å². The molecule has 3 aromatic rings. The molecule has 0 saturated carbocycles. The zero-order valence-electron chi connectivity index (χ0n) is 22.2. The van der Waals surface area contributed by atoms with Gasteiger partial charge < -0.3 is 14.7 Å². The van der Waals surface area contributed by atoms with Crippen LogP contribution in [0.1, 0.15) is 57.6 Å². The average Bonchev–Trinajstić information content (AvgIpc) is 2.88. The van der Waals surface area contributed by atoms with Gasteiger partial charge in [0.1, 0.15) is 5.75 Å². The fourth-order valence-electron chi connectivity index (χ4n) is 4.54. The van der Waals surface area contributed by atoms with Crippen molar-refractivity contribution in [3.63, 3.8) is 0 Å². The van der Waals surface area contributed by atoms with Crippen LogP contribution in [0.25, 0.3) is 22.6 Å². The number of halogens is 3. The van der Waals surface area contributed by atoms with Crippen LogP contribution in [0.3, 0.4) is 0 Å². The van der Waals surface area contributed by atoms with Crippen LogP contribution in [0.2, 0.25) is 0 Å². The fourth-order valence-corrected chi connectivity index (χ4v) is 4.54. The first-order valence-corrected chi connectivity index (χ1v) is 13.1. The molecule has 3 rings (SSSR count). The lowest BCUT2D eigenvalue weighted by Crippen LogP contribution is -2.38. The minimum Gasteiger partial charge on any atom is -0.493 e. The summed E-state index contributed by atoms with van der Waals surface area (Å²) in [5.74, 6) is -0.830. The van der Waals surface area contributed by atoms with Crippen molar-refractivity contribution in [3.8, 4) is 5.75 Å². The van der Waals surface area contributed by atoms with Gasteiger partial charge in [-0.1, -0.05) is 38.3 Å². The number of fused-ring (bicyclic) bond motifs is 1. The number of hydrogen-bond acceptors (Lipinski definition) is 3. The number of nitrogens with zero attached hydrogens (tertiary/aromatic N) is 2. The Morgan fingerprint density at radius 1 is 1.03 bits per heavy atom. The zero-order valence-corrected chi connectivity index (χ0v) is 22.2. The van der Waals surface area contributed by atoms with Crippen molar-refractivity contribution < 1.29 is 32.4 Å². The van der Waals surface area contributed by atoms with Gasteiger partial charge in [-0.2, -0.15) is 17.7 Å². The smallest absolute Gasteiger partial charge is 0.417 e. The second-order valence-electron chi connectivity index (χ2n) is 9.13. The van der Waals surface area contributed by atoms with Crippen molar-refractivity contribution in [2.45, 2.75) is 59.2 Å². The van der Waals surface area contributed by atoms with Gasteiger partial charge in [-0.05, 0) is 50.1 Å². The molecule has 0 aliphatic heterocycles. The van der Waals surface area contributed by atoms with Crippen LogP contribution < -0.4 is 14.2 Å². The van der Waals surface area contributed by atoms with Crippen molar-refractivity contribution >= 4 is 34.2 Å². The number of carboxylic acid groups (broad SMARTS) is 1. The van der Waals surface area contributed by atoms with Crippen LogP contribution in [0.5, 0.6) is 5.75 Å². The van der Waals surface area contributed by atoms with E-state index in [0.29, 0.717) is 23.1 Å². The summed E-state index contributed by atoms with van der Waals surface area (Å²) in [6.45, 7) is 7.59. The van der Waals surface area contributed by atoms with E-state index in [0.717, 1.165) is 50.5 Å². The Hall–Kier alpha value is -3.55. The number of carboxylic acids is 1. The molecule has 0 atom stereocenters. The summed E-state index contributed by atoms with van der Waals surface area (Å²) in [7, 11) is 0. The van der Waals surface area contributed by atoms with Crippen LogP contribution in [0.4, 0.5) is 18.9 Å². The molecule has 0 aliphatic rings. The van der Waals surface area contributed by atoms with E-state index in [9.17, 15) is 23.1 Å². The molecule has 38 heavy (non-hydrogen) atoms. The Kier molecular flexibility index (Phi) is 10.2. The van der Waals surface area contributed by atoms with Crippen molar-refractivity contribution in [1.29, 1.82) is 0 Å². The van der Waals surface area contributed by atoms with E-state index in [1.807, 2.05) is 13.8 Å². The molecule has 0 fully saturated rings. The number of aliphatic carboxylic acids is 1. The molecule has 0 radical (unpaired) electrons. The Bertz CT molecular complexity index is 1270. The summed E-state index contributed by atoms with van der Waals surface area (Å²) in [5, 5.41) is 9.77. The number of hydrogen-bond donors (Lipinski definition) is 1. The maximum absolute atomic E-state index is 14.6. The predicted molar refractivity (Wildman–Crippen MR) is 145 cm³/mol. The van der Waals surface area contributed by atoms with Gasteiger partial charge in [0.15, 0.2) is 6.20 Å². The monoisotopic (exact) mass is 529 g/mol. The van der Waals surface area contributed by atoms with E-state index in [2.05, 4.69) is 11.8 Å². The van der Waals surface area contributed by atoms with Gasteiger partial charge in [0, 0.05) is 42.5 Å². The third-order valence-corrected chi connectivity index (χ3v) is 6.51. The van der Waals surface area contributed by atoms with E-state index in [-0.39, 0.29) is 17.9 Å². The Morgan fingerprint density at radius 2 is 1.76 bits per heavy atom. The highest BCUT2D eigenvalue weighted by Crippen LogP contribution is 2.41. The highest BCUT2D eigenvalue weighted by molar-refractivity contribution is 5.95. The molecule has 0 spiro atoms. The van der Waals surface area contributed by atoms with Crippen molar-refractivity contribution in [2.24, 2.45) is 0 Å². The van der Waals surface area contributed by atoms with Crippen molar-refractivity contribution in [1.82, 2.24) is 0 Å². The SMILES string of the molecule is CCCCCCOc1cc(N(CC)CC)ccc1/C(=C/c1cc[n+](CC(=O)O)c2ccccc12)C(F)(F)F. The maximum Gasteiger partial charge on any atom is 0.417 e. The first-order chi connectivity index (χ1) is 18.2. The summed E-state index contributed by atoms with van der Waals surface area (Å²) >= 11 is 0. The molecule has 2 aromatic carbocycles. The van der Waals surface area contributed by atoms with E-state index >= 15 is 0 Å². The predicted octanol–water partition coefficient (Wildman–Crippen LogP) is 7.12.